The van der Waals surface area contributed by atoms with Crippen LogP contribution in [-0.2, 0) is 14.3 Å². The number of hydrogen-bond donors (Lipinski definition) is 0. The molecular weight excluding hydrogens is 372 g/mol. The van der Waals surface area contributed by atoms with E-state index in [2.05, 4.69) is 31.7 Å². The summed E-state index contributed by atoms with van der Waals surface area (Å²) in [6.07, 6.45) is 13.3. The van der Waals surface area contributed by atoms with E-state index in [1.54, 1.807) is 0 Å². The number of esters is 1. The van der Waals surface area contributed by atoms with Crippen LogP contribution < -0.4 is 0 Å². The van der Waals surface area contributed by atoms with E-state index in [0.29, 0.717) is 23.3 Å². The van der Waals surface area contributed by atoms with Crippen molar-refractivity contribution in [1.82, 2.24) is 0 Å². The van der Waals surface area contributed by atoms with Crippen LogP contribution in [0.3, 0.4) is 0 Å². The maximum Gasteiger partial charge on any atom is 0.307 e. The van der Waals surface area contributed by atoms with Crippen molar-refractivity contribution >= 4 is 23.4 Å². The first-order chi connectivity index (χ1) is 13.4. The molecule has 28 heavy (non-hydrogen) atoms. The number of halogens is 1. The van der Waals surface area contributed by atoms with Crippen LogP contribution in [0.2, 0.25) is 0 Å². The third-order valence-corrected chi connectivity index (χ3v) is 6.93. The first kappa shape index (κ1) is 21.4. The van der Waals surface area contributed by atoms with Crippen LogP contribution in [0.15, 0.2) is 35.4 Å². The fourth-order valence-corrected chi connectivity index (χ4v) is 5.30. The first-order valence-electron chi connectivity index (χ1n) is 10.9. The van der Waals surface area contributed by atoms with Crippen LogP contribution in [0.25, 0.3) is 0 Å². The SMILES string of the molecule is C=C(Cl)[C@H]1CCCCC(C)C(=O)C2=C[C@H]3C[C@@H](CCC)C=C[C@H]3[C@@H]2CC(=O)O1. The minimum atomic E-state index is -0.430. The third kappa shape index (κ3) is 4.79. The molecule has 1 saturated heterocycles. The molecule has 3 aliphatic rings. The number of fused-ring (bicyclic) bond motifs is 3. The minimum absolute atomic E-state index is 0.00239. The number of allylic oxidation sites excluding steroid dienone is 4. The molecular formula is C24H33ClO3. The molecule has 0 bridgehead atoms. The molecule has 1 fully saturated rings. The van der Waals surface area contributed by atoms with Crippen molar-refractivity contribution in [2.45, 2.75) is 71.3 Å². The molecule has 1 heterocycles. The van der Waals surface area contributed by atoms with E-state index in [4.69, 9.17) is 16.3 Å². The Bertz CT molecular complexity index is 677. The fraction of sp³-hybridized carbons (Fsp3) is 0.667. The van der Waals surface area contributed by atoms with Crippen LogP contribution in [0.5, 0.6) is 0 Å². The summed E-state index contributed by atoms with van der Waals surface area (Å²) in [5.41, 5.74) is 0.864. The minimum Gasteiger partial charge on any atom is -0.457 e. The second-order valence-electron chi connectivity index (χ2n) is 8.82. The summed E-state index contributed by atoms with van der Waals surface area (Å²) in [5.74, 6) is 1.04. The molecule has 0 aromatic carbocycles. The van der Waals surface area contributed by atoms with Gasteiger partial charge in [-0.2, -0.15) is 0 Å². The molecule has 0 saturated carbocycles. The Kier molecular flexibility index (Phi) is 7.20. The Hall–Kier alpha value is -1.35. The van der Waals surface area contributed by atoms with E-state index < -0.39 is 6.10 Å². The van der Waals surface area contributed by atoms with Crippen LogP contribution in [-0.4, -0.2) is 17.9 Å². The number of ketones is 1. The summed E-state index contributed by atoms with van der Waals surface area (Å²) in [4.78, 5) is 25.9. The topological polar surface area (TPSA) is 43.4 Å². The van der Waals surface area contributed by atoms with Crippen molar-refractivity contribution in [3.05, 3.63) is 35.4 Å². The first-order valence-corrected chi connectivity index (χ1v) is 11.3. The Labute approximate surface area is 174 Å². The lowest BCUT2D eigenvalue weighted by Gasteiger charge is -2.30. The highest BCUT2D eigenvalue weighted by Crippen LogP contribution is 2.47. The maximum absolute atomic E-state index is 13.2. The monoisotopic (exact) mass is 404 g/mol. The lowest BCUT2D eigenvalue weighted by atomic mass is 9.74. The molecule has 0 radical (unpaired) electrons. The lowest BCUT2D eigenvalue weighted by Crippen LogP contribution is -2.29. The van der Waals surface area contributed by atoms with Gasteiger partial charge in [0.15, 0.2) is 5.78 Å². The van der Waals surface area contributed by atoms with Crippen molar-refractivity contribution in [3.63, 3.8) is 0 Å². The average molecular weight is 405 g/mol. The normalized spacial score (nSPS) is 36.5. The quantitative estimate of drug-likeness (QED) is 0.429. The largest absolute Gasteiger partial charge is 0.457 e. The molecule has 0 spiro atoms. The highest BCUT2D eigenvalue weighted by atomic mass is 35.5. The van der Waals surface area contributed by atoms with Crippen LogP contribution in [0, 0.1) is 29.6 Å². The molecule has 0 amide bonds. The van der Waals surface area contributed by atoms with Crippen LogP contribution in [0.4, 0.5) is 0 Å². The molecule has 0 aromatic heterocycles. The Morgan fingerprint density at radius 2 is 2.00 bits per heavy atom. The predicted molar refractivity (Wildman–Crippen MR) is 113 cm³/mol. The Morgan fingerprint density at radius 1 is 1.25 bits per heavy atom. The van der Waals surface area contributed by atoms with Gasteiger partial charge in [0.25, 0.3) is 0 Å². The summed E-state index contributed by atoms with van der Waals surface area (Å²) in [6.45, 7) is 8.02. The molecule has 3 nitrogen and oxygen atoms in total. The molecule has 4 heteroatoms. The van der Waals surface area contributed by atoms with E-state index in [1.165, 1.54) is 12.8 Å². The zero-order valence-electron chi connectivity index (χ0n) is 17.2. The maximum atomic E-state index is 13.2. The van der Waals surface area contributed by atoms with Gasteiger partial charge in [0, 0.05) is 11.8 Å². The van der Waals surface area contributed by atoms with Crippen molar-refractivity contribution in [2.24, 2.45) is 29.6 Å². The molecule has 6 atom stereocenters. The van der Waals surface area contributed by atoms with Gasteiger partial charge in [-0.05, 0) is 55.4 Å². The lowest BCUT2D eigenvalue weighted by molar-refractivity contribution is -0.148. The number of cyclic esters (lactones) is 1. The number of carbonyl (C=O) groups excluding carboxylic acids is 2. The summed E-state index contributed by atoms with van der Waals surface area (Å²) in [6, 6.07) is 0. The zero-order chi connectivity index (χ0) is 20.3. The highest BCUT2D eigenvalue weighted by molar-refractivity contribution is 6.29. The molecule has 0 aromatic rings. The van der Waals surface area contributed by atoms with Gasteiger partial charge in [0.2, 0.25) is 0 Å². The van der Waals surface area contributed by atoms with Crippen LogP contribution >= 0.6 is 11.6 Å². The van der Waals surface area contributed by atoms with E-state index in [9.17, 15) is 9.59 Å². The molecule has 1 unspecified atom stereocenters. The van der Waals surface area contributed by atoms with E-state index in [-0.39, 0.29) is 35.9 Å². The summed E-state index contributed by atoms with van der Waals surface area (Å²) in [7, 11) is 0. The van der Waals surface area contributed by atoms with Gasteiger partial charge in [0.05, 0.1) is 11.5 Å². The number of hydrogen-bond acceptors (Lipinski definition) is 3. The van der Waals surface area contributed by atoms with E-state index in [0.717, 1.165) is 31.3 Å². The molecule has 1 aliphatic heterocycles. The van der Waals surface area contributed by atoms with Gasteiger partial charge in [-0.25, -0.2) is 0 Å². The van der Waals surface area contributed by atoms with Crippen molar-refractivity contribution in [2.75, 3.05) is 0 Å². The van der Waals surface area contributed by atoms with Crippen LogP contribution in [0.1, 0.15) is 65.2 Å². The Balaban J connectivity index is 1.86. The third-order valence-electron chi connectivity index (χ3n) is 6.69. The highest BCUT2D eigenvalue weighted by Gasteiger charge is 2.42. The standard InChI is InChI=1S/C24H33ClO3/c1-4-7-17-10-11-19-18(12-17)13-21-20(19)14-23(26)28-22(16(3)25)9-6-5-8-15(2)24(21)27/h10-11,13,15,17-20,22H,3-9,12,14H2,1-2H3/t15?,17-,18+,19+,20-,22+/m0/s1. The average Bonchev–Trinajstić information content (AvgIpc) is 3.00. The Morgan fingerprint density at radius 3 is 2.71 bits per heavy atom. The molecule has 154 valence electrons. The van der Waals surface area contributed by atoms with Crippen molar-refractivity contribution in [1.29, 1.82) is 0 Å². The summed E-state index contributed by atoms with van der Waals surface area (Å²) < 4.78 is 5.66. The second-order valence-corrected chi connectivity index (χ2v) is 9.30. The second kappa shape index (κ2) is 9.43. The summed E-state index contributed by atoms with van der Waals surface area (Å²) >= 11 is 6.09. The van der Waals surface area contributed by atoms with Gasteiger partial charge in [-0.1, -0.05) is 63.1 Å². The summed E-state index contributed by atoms with van der Waals surface area (Å²) in [5, 5.41) is 0.384. The van der Waals surface area contributed by atoms with Gasteiger partial charge in [-0.3, -0.25) is 9.59 Å². The van der Waals surface area contributed by atoms with Gasteiger partial charge >= 0.3 is 5.97 Å². The van der Waals surface area contributed by atoms with Gasteiger partial charge < -0.3 is 4.74 Å². The number of rotatable bonds is 3. The molecule has 0 N–H and O–H groups in total. The zero-order valence-corrected chi connectivity index (χ0v) is 17.9. The van der Waals surface area contributed by atoms with E-state index in [1.807, 2.05) is 6.92 Å². The molecule has 2 aliphatic carbocycles. The van der Waals surface area contributed by atoms with E-state index >= 15 is 0 Å². The predicted octanol–water partition coefficient (Wildman–Crippen LogP) is 5.98. The number of ether oxygens (including phenoxy) is 1. The van der Waals surface area contributed by atoms with Gasteiger partial charge in [-0.15, -0.1) is 0 Å². The van der Waals surface area contributed by atoms with Crippen molar-refractivity contribution in [3.8, 4) is 0 Å². The number of Topliss-reactive ketones (excluding diaryl/α,β-unsaturated/α-hetero) is 1. The van der Waals surface area contributed by atoms with Crippen molar-refractivity contribution < 1.29 is 14.3 Å². The van der Waals surface area contributed by atoms with Gasteiger partial charge in [0.1, 0.15) is 6.10 Å². The fourth-order valence-electron chi connectivity index (χ4n) is 5.14. The molecule has 3 rings (SSSR count). The number of carbonyl (C=O) groups is 2. The smallest absolute Gasteiger partial charge is 0.307 e.